The maximum Gasteiger partial charge on any atom is 0.330 e. The highest BCUT2D eigenvalue weighted by atomic mass is 16.1. The summed E-state index contributed by atoms with van der Waals surface area (Å²) in [6, 6.07) is 15.3. The fourth-order valence-corrected chi connectivity index (χ4v) is 4.51. The van der Waals surface area contributed by atoms with Gasteiger partial charge in [-0.15, -0.1) is 0 Å². The van der Waals surface area contributed by atoms with Gasteiger partial charge in [0, 0.05) is 49.8 Å². The van der Waals surface area contributed by atoms with Crippen molar-refractivity contribution in [2.75, 3.05) is 31.1 Å². The Bertz CT molecular complexity index is 1070. The third-order valence-electron chi connectivity index (χ3n) is 6.16. The molecule has 0 spiro atoms. The van der Waals surface area contributed by atoms with Gasteiger partial charge < -0.3 is 9.88 Å². The van der Waals surface area contributed by atoms with Gasteiger partial charge >= 0.3 is 5.69 Å². The lowest BCUT2D eigenvalue weighted by atomic mass is 10.1. The Balaban J connectivity index is 1.28. The minimum absolute atomic E-state index is 0.0615. The second-order valence-corrected chi connectivity index (χ2v) is 7.95. The van der Waals surface area contributed by atoms with Crippen molar-refractivity contribution in [3.05, 3.63) is 76.5 Å². The fourth-order valence-electron chi connectivity index (χ4n) is 4.51. The lowest BCUT2D eigenvalue weighted by Crippen LogP contribution is -2.49. The molecule has 1 aliphatic carbocycles. The summed E-state index contributed by atoms with van der Waals surface area (Å²) < 4.78 is 1.65. The van der Waals surface area contributed by atoms with Gasteiger partial charge in [-0.2, -0.15) is 0 Å². The number of aromatic amines is 1. The first-order chi connectivity index (χ1) is 13.7. The van der Waals surface area contributed by atoms with E-state index in [1.165, 1.54) is 16.8 Å². The summed E-state index contributed by atoms with van der Waals surface area (Å²) in [4.78, 5) is 20.4. The number of rotatable bonds is 3. The number of piperazine rings is 1. The summed E-state index contributed by atoms with van der Waals surface area (Å²) in [5, 5.41) is 0. The van der Waals surface area contributed by atoms with Gasteiger partial charge in [-0.25, -0.2) is 4.79 Å². The van der Waals surface area contributed by atoms with Crippen LogP contribution in [0.3, 0.4) is 0 Å². The number of benzene rings is 1. The van der Waals surface area contributed by atoms with Crippen LogP contribution in [0.25, 0.3) is 11.1 Å². The van der Waals surface area contributed by atoms with E-state index in [0.717, 1.165) is 50.2 Å². The zero-order valence-electron chi connectivity index (χ0n) is 16.3. The van der Waals surface area contributed by atoms with Gasteiger partial charge in [0.15, 0.2) is 0 Å². The van der Waals surface area contributed by atoms with Gasteiger partial charge in [0.05, 0.1) is 5.52 Å². The largest absolute Gasteiger partial charge is 0.369 e. The number of H-pyrrole nitrogens is 1. The topological polar surface area (TPSA) is 43.8 Å². The van der Waals surface area contributed by atoms with Crippen LogP contribution in [0.2, 0.25) is 0 Å². The third kappa shape index (κ3) is 3.16. The van der Waals surface area contributed by atoms with E-state index in [0.29, 0.717) is 6.04 Å². The van der Waals surface area contributed by atoms with E-state index < -0.39 is 0 Å². The summed E-state index contributed by atoms with van der Waals surface area (Å²) in [6.07, 6.45) is 6.33. The molecule has 1 N–H and O–H groups in total. The van der Waals surface area contributed by atoms with Crippen LogP contribution in [0.1, 0.15) is 24.1 Å². The highest BCUT2D eigenvalue weighted by molar-refractivity contribution is 5.68. The molecule has 3 aromatic rings. The van der Waals surface area contributed by atoms with Gasteiger partial charge in [-0.3, -0.25) is 9.30 Å². The van der Waals surface area contributed by atoms with E-state index in [1.807, 2.05) is 12.1 Å². The highest BCUT2D eigenvalue weighted by Crippen LogP contribution is 2.30. The van der Waals surface area contributed by atoms with Crippen molar-refractivity contribution >= 4 is 16.8 Å². The Hall–Kier alpha value is -2.79. The lowest BCUT2D eigenvalue weighted by molar-refractivity contribution is 0.214. The van der Waals surface area contributed by atoms with Crippen molar-refractivity contribution in [3.63, 3.8) is 0 Å². The molecule has 3 heterocycles. The van der Waals surface area contributed by atoms with Crippen molar-refractivity contribution in [1.82, 2.24) is 14.3 Å². The Morgan fingerprint density at radius 2 is 1.82 bits per heavy atom. The molecule has 28 heavy (non-hydrogen) atoms. The molecular weight excluding hydrogens is 348 g/mol. The molecule has 0 radical (unpaired) electrons. The van der Waals surface area contributed by atoms with Crippen LogP contribution in [0.5, 0.6) is 0 Å². The molecule has 5 nitrogen and oxygen atoms in total. The minimum Gasteiger partial charge on any atom is -0.369 e. The molecule has 144 valence electrons. The first kappa shape index (κ1) is 17.3. The Morgan fingerprint density at radius 1 is 1.04 bits per heavy atom. The average molecular weight is 374 g/mol. The molecule has 0 saturated carbocycles. The van der Waals surface area contributed by atoms with Crippen molar-refractivity contribution in [3.8, 4) is 0 Å². The maximum atomic E-state index is 12.3. The number of aromatic nitrogens is 2. The minimum atomic E-state index is -0.0615. The van der Waals surface area contributed by atoms with Gasteiger partial charge in [-0.1, -0.05) is 23.8 Å². The summed E-state index contributed by atoms with van der Waals surface area (Å²) in [7, 11) is 0. The third-order valence-corrected chi connectivity index (χ3v) is 6.16. The Kier molecular flexibility index (Phi) is 4.32. The number of hydrogen-bond donors (Lipinski definition) is 1. The molecule has 1 saturated heterocycles. The molecular formula is C23H26N4O. The van der Waals surface area contributed by atoms with E-state index in [-0.39, 0.29) is 5.69 Å². The van der Waals surface area contributed by atoms with E-state index in [4.69, 9.17) is 0 Å². The predicted molar refractivity (Wildman–Crippen MR) is 114 cm³/mol. The van der Waals surface area contributed by atoms with Crippen LogP contribution < -0.4 is 10.6 Å². The SMILES string of the molecule is Cc1ccc(N2CCN([C@H]3C=C(c4cc5cccn5c(=O)[nH]4)CC3)CC2)cc1. The van der Waals surface area contributed by atoms with E-state index in [9.17, 15) is 4.79 Å². The molecule has 1 atom stereocenters. The molecule has 5 heteroatoms. The zero-order chi connectivity index (χ0) is 19.1. The van der Waals surface area contributed by atoms with Crippen LogP contribution in [0, 0.1) is 6.92 Å². The molecule has 1 aromatic carbocycles. The number of fused-ring (bicyclic) bond motifs is 1. The van der Waals surface area contributed by atoms with Crippen molar-refractivity contribution < 1.29 is 0 Å². The summed E-state index contributed by atoms with van der Waals surface area (Å²) in [6.45, 7) is 6.42. The van der Waals surface area contributed by atoms with Gasteiger partial charge in [0.1, 0.15) is 0 Å². The van der Waals surface area contributed by atoms with Crippen molar-refractivity contribution in [2.24, 2.45) is 0 Å². The lowest BCUT2D eigenvalue weighted by Gasteiger charge is -2.38. The normalized spacial score (nSPS) is 20.7. The fraction of sp³-hybridized carbons (Fsp3) is 0.348. The molecule has 1 aliphatic heterocycles. The summed E-state index contributed by atoms with van der Waals surface area (Å²) >= 11 is 0. The van der Waals surface area contributed by atoms with Gasteiger partial charge in [0.2, 0.25) is 0 Å². The van der Waals surface area contributed by atoms with Crippen LogP contribution >= 0.6 is 0 Å². The second kappa shape index (κ2) is 6.99. The zero-order valence-corrected chi connectivity index (χ0v) is 16.3. The summed E-state index contributed by atoms with van der Waals surface area (Å²) in [5.41, 5.74) is 5.76. The standard InChI is InChI=1S/C23H26N4O/c1-17-4-7-19(8-5-17)25-11-13-26(14-12-25)20-9-6-18(15-20)22-16-21-3-2-10-27(21)23(28)24-22/h2-5,7-8,10,15-16,20H,6,9,11-14H2,1H3,(H,24,28)/t20-/m1/s1. The van der Waals surface area contributed by atoms with Crippen molar-refractivity contribution in [2.45, 2.75) is 25.8 Å². The van der Waals surface area contributed by atoms with E-state index in [2.05, 4.69) is 58.1 Å². The number of nitrogens with zero attached hydrogens (tertiary/aromatic N) is 3. The van der Waals surface area contributed by atoms with Gasteiger partial charge in [-0.05, 0) is 55.7 Å². The Morgan fingerprint density at radius 3 is 2.61 bits per heavy atom. The number of hydrogen-bond acceptors (Lipinski definition) is 3. The Labute approximate surface area is 164 Å². The quantitative estimate of drug-likeness (QED) is 0.765. The van der Waals surface area contributed by atoms with E-state index >= 15 is 0 Å². The van der Waals surface area contributed by atoms with Crippen LogP contribution in [-0.4, -0.2) is 46.5 Å². The average Bonchev–Trinajstić information content (AvgIpc) is 3.39. The molecule has 0 amide bonds. The molecule has 0 unspecified atom stereocenters. The second-order valence-electron chi connectivity index (χ2n) is 7.95. The predicted octanol–water partition coefficient (Wildman–Crippen LogP) is 3.30. The molecule has 5 rings (SSSR count). The number of nitrogens with one attached hydrogen (secondary N) is 1. The monoisotopic (exact) mass is 374 g/mol. The van der Waals surface area contributed by atoms with Gasteiger partial charge in [0.25, 0.3) is 0 Å². The first-order valence-electron chi connectivity index (χ1n) is 10.1. The first-order valence-corrected chi connectivity index (χ1v) is 10.1. The summed E-state index contributed by atoms with van der Waals surface area (Å²) in [5.74, 6) is 0. The van der Waals surface area contributed by atoms with E-state index in [1.54, 1.807) is 10.6 Å². The molecule has 2 aliphatic rings. The van der Waals surface area contributed by atoms with Crippen molar-refractivity contribution in [1.29, 1.82) is 0 Å². The van der Waals surface area contributed by atoms with Crippen LogP contribution in [0.15, 0.2) is 59.5 Å². The number of anilines is 1. The number of allylic oxidation sites excluding steroid dienone is 1. The molecule has 0 bridgehead atoms. The molecule has 2 aromatic heterocycles. The highest BCUT2D eigenvalue weighted by Gasteiger charge is 2.27. The number of aryl methyl sites for hydroxylation is 1. The molecule has 1 fully saturated rings. The van der Waals surface area contributed by atoms with Crippen LogP contribution in [-0.2, 0) is 0 Å². The van der Waals surface area contributed by atoms with Crippen LogP contribution in [0.4, 0.5) is 5.69 Å². The maximum absolute atomic E-state index is 12.3. The smallest absolute Gasteiger partial charge is 0.330 e.